The van der Waals surface area contributed by atoms with Gasteiger partial charge in [-0.25, -0.2) is 0 Å². The maximum Gasteiger partial charge on any atom is 0.0714 e. The Bertz CT molecular complexity index is 119. The molecule has 1 rings (SSSR count). The second-order valence-corrected chi connectivity index (χ2v) is 3.14. The van der Waals surface area contributed by atoms with Gasteiger partial charge >= 0.3 is 0 Å². The van der Waals surface area contributed by atoms with Crippen molar-refractivity contribution in [2.24, 2.45) is 0 Å². The van der Waals surface area contributed by atoms with Crippen molar-refractivity contribution < 1.29 is 9.47 Å². The molecular formula is C8H17NO2. The molecule has 0 amide bonds. The maximum atomic E-state index is 5.26. The van der Waals surface area contributed by atoms with Crippen molar-refractivity contribution in [2.45, 2.75) is 18.6 Å². The van der Waals surface area contributed by atoms with Crippen LogP contribution in [0.25, 0.3) is 0 Å². The number of rotatable bonds is 3. The van der Waals surface area contributed by atoms with E-state index in [-0.39, 0.29) is 0 Å². The van der Waals surface area contributed by atoms with Crippen molar-refractivity contribution in [3.05, 3.63) is 0 Å². The Labute approximate surface area is 68.3 Å². The van der Waals surface area contributed by atoms with Crippen molar-refractivity contribution in [1.82, 2.24) is 4.90 Å². The molecule has 1 heterocycles. The van der Waals surface area contributed by atoms with Gasteiger partial charge in [0.05, 0.1) is 12.7 Å². The molecule has 3 heteroatoms. The van der Waals surface area contributed by atoms with Gasteiger partial charge in [0, 0.05) is 26.8 Å². The van der Waals surface area contributed by atoms with E-state index in [1.165, 1.54) is 0 Å². The Morgan fingerprint density at radius 3 is 2.64 bits per heavy atom. The highest BCUT2D eigenvalue weighted by molar-refractivity contribution is 4.83. The predicted molar refractivity (Wildman–Crippen MR) is 43.7 cm³/mol. The van der Waals surface area contributed by atoms with Crippen LogP contribution in [0.2, 0.25) is 0 Å². The fourth-order valence-electron chi connectivity index (χ4n) is 1.59. The molecule has 0 radical (unpaired) electrons. The highest BCUT2D eigenvalue weighted by atomic mass is 16.5. The highest BCUT2D eigenvalue weighted by Crippen LogP contribution is 2.17. The van der Waals surface area contributed by atoms with Crippen molar-refractivity contribution in [3.63, 3.8) is 0 Å². The van der Waals surface area contributed by atoms with Crippen LogP contribution in [0.1, 0.15) is 6.42 Å². The Morgan fingerprint density at radius 2 is 2.18 bits per heavy atom. The van der Waals surface area contributed by atoms with Crippen LogP contribution < -0.4 is 0 Å². The van der Waals surface area contributed by atoms with E-state index in [1.807, 2.05) is 0 Å². The zero-order valence-electron chi connectivity index (χ0n) is 7.54. The number of hydrogen-bond donors (Lipinski definition) is 0. The molecule has 0 aliphatic carbocycles. The molecule has 0 N–H and O–H groups in total. The number of ether oxygens (including phenoxy) is 2. The third-order valence-electron chi connectivity index (χ3n) is 2.34. The molecule has 0 aromatic rings. The summed E-state index contributed by atoms with van der Waals surface area (Å²) in [6.45, 7) is 1.85. The second-order valence-electron chi connectivity index (χ2n) is 3.14. The summed E-state index contributed by atoms with van der Waals surface area (Å²) in [6.07, 6.45) is 1.50. The Kier molecular flexibility index (Phi) is 3.30. The summed E-state index contributed by atoms with van der Waals surface area (Å²) in [5.74, 6) is 0. The van der Waals surface area contributed by atoms with Gasteiger partial charge in [0.1, 0.15) is 0 Å². The molecule has 0 aromatic heterocycles. The van der Waals surface area contributed by atoms with E-state index in [4.69, 9.17) is 9.47 Å². The van der Waals surface area contributed by atoms with E-state index in [0.717, 1.165) is 19.6 Å². The van der Waals surface area contributed by atoms with Crippen LogP contribution >= 0.6 is 0 Å². The van der Waals surface area contributed by atoms with E-state index >= 15 is 0 Å². The van der Waals surface area contributed by atoms with Crippen LogP contribution in [-0.4, -0.2) is 51.5 Å². The van der Waals surface area contributed by atoms with Gasteiger partial charge in [-0.2, -0.15) is 0 Å². The van der Waals surface area contributed by atoms with Crippen molar-refractivity contribution in [2.75, 3.05) is 34.4 Å². The Hall–Kier alpha value is -0.120. The fraction of sp³-hybridized carbons (Fsp3) is 1.00. The van der Waals surface area contributed by atoms with Gasteiger partial charge in [-0.05, 0) is 13.5 Å². The number of hydrogen-bond acceptors (Lipinski definition) is 3. The SMILES string of the molecule is COC[C@H]1CC(OC)CN1C. The lowest BCUT2D eigenvalue weighted by Gasteiger charge is -2.16. The topological polar surface area (TPSA) is 21.7 Å². The van der Waals surface area contributed by atoms with Gasteiger partial charge in [-0.15, -0.1) is 0 Å². The highest BCUT2D eigenvalue weighted by Gasteiger charge is 2.28. The van der Waals surface area contributed by atoms with E-state index in [2.05, 4.69) is 11.9 Å². The summed E-state index contributed by atoms with van der Waals surface area (Å²) < 4.78 is 10.4. The first kappa shape index (κ1) is 8.97. The van der Waals surface area contributed by atoms with Crippen molar-refractivity contribution in [3.8, 4) is 0 Å². The number of nitrogens with zero attached hydrogens (tertiary/aromatic N) is 1. The molecule has 0 aromatic carbocycles. The lowest BCUT2D eigenvalue weighted by Crippen LogP contribution is -2.28. The van der Waals surface area contributed by atoms with E-state index < -0.39 is 0 Å². The Morgan fingerprint density at radius 1 is 1.45 bits per heavy atom. The first-order chi connectivity index (χ1) is 5.27. The molecule has 0 saturated carbocycles. The van der Waals surface area contributed by atoms with Crippen LogP contribution in [0, 0.1) is 0 Å². The lowest BCUT2D eigenvalue weighted by atomic mass is 10.2. The normalized spacial score (nSPS) is 33.0. The largest absolute Gasteiger partial charge is 0.383 e. The predicted octanol–water partition coefficient (Wildman–Crippen LogP) is 0.352. The fourth-order valence-corrected chi connectivity index (χ4v) is 1.59. The van der Waals surface area contributed by atoms with E-state index in [0.29, 0.717) is 12.1 Å². The van der Waals surface area contributed by atoms with Gasteiger partial charge in [-0.1, -0.05) is 0 Å². The standard InChI is InChI=1S/C8H17NO2/c1-9-5-8(11-3)4-7(9)6-10-2/h7-8H,4-6H2,1-3H3/t7-,8?/m1/s1. The maximum absolute atomic E-state index is 5.26. The van der Waals surface area contributed by atoms with Crippen LogP contribution in [-0.2, 0) is 9.47 Å². The molecule has 66 valence electrons. The summed E-state index contributed by atoms with van der Waals surface area (Å²) in [5.41, 5.74) is 0. The van der Waals surface area contributed by atoms with Crippen molar-refractivity contribution >= 4 is 0 Å². The Balaban J connectivity index is 2.32. The van der Waals surface area contributed by atoms with Crippen LogP contribution in [0.3, 0.4) is 0 Å². The summed E-state index contributed by atoms with van der Waals surface area (Å²) in [6, 6.07) is 0.546. The third kappa shape index (κ3) is 2.15. The molecule has 0 bridgehead atoms. The average molecular weight is 159 g/mol. The van der Waals surface area contributed by atoms with Crippen LogP contribution in [0.4, 0.5) is 0 Å². The molecule has 0 spiro atoms. The van der Waals surface area contributed by atoms with E-state index in [1.54, 1.807) is 14.2 Å². The van der Waals surface area contributed by atoms with E-state index in [9.17, 15) is 0 Å². The molecule has 1 fully saturated rings. The quantitative estimate of drug-likeness (QED) is 0.593. The van der Waals surface area contributed by atoms with Gasteiger partial charge in [0.2, 0.25) is 0 Å². The third-order valence-corrected chi connectivity index (χ3v) is 2.34. The molecule has 1 aliphatic rings. The smallest absolute Gasteiger partial charge is 0.0714 e. The molecule has 1 saturated heterocycles. The molecule has 11 heavy (non-hydrogen) atoms. The number of likely N-dealkylation sites (N-methyl/N-ethyl adjacent to an activating group) is 1. The van der Waals surface area contributed by atoms with Gasteiger partial charge in [0.15, 0.2) is 0 Å². The minimum absolute atomic E-state index is 0.403. The minimum Gasteiger partial charge on any atom is -0.383 e. The molecular weight excluding hydrogens is 142 g/mol. The van der Waals surface area contributed by atoms with Crippen LogP contribution in [0.5, 0.6) is 0 Å². The molecule has 1 aliphatic heterocycles. The van der Waals surface area contributed by atoms with Crippen molar-refractivity contribution in [1.29, 1.82) is 0 Å². The molecule has 2 atom stereocenters. The summed E-state index contributed by atoms with van der Waals surface area (Å²) in [5, 5.41) is 0. The first-order valence-corrected chi connectivity index (χ1v) is 4.00. The lowest BCUT2D eigenvalue weighted by molar-refractivity contribution is 0.110. The van der Waals surface area contributed by atoms with Crippen LogP contribution in [0.15, 0.2) is 0 Å². The summed E-state index contributed by atoms with van der Waals surface area (Å²) >= 11 is 0. The zero-order valence-corrected chi connectivity index (χ0v) is 7.54. The number of likely N-dealkylation sites (tertiary alicyclic amines) is 1. The van der Waals surface area contributed by atoms with Gasteiger partial charge < -0.3 is 9.47 Å². The summed E-state index contributed by atoms with van der Waals surface area (Å²) in [4.78, 5) is 2.29. The first-order valence-electron chi connectivity index (χ1n) is 4.00. The average Bonchev–Trinajstić information content (AvgIpc) is 2.33. The molecule has 1 unspecified atom stereocenters. The second kappa shape index (κ2) is 4.04. The summed E-state index contributed by atoms with van der Waals surface area (Å²) in [7, 11) is 5.63. The van der Waals surface area contributed by atoms with Gasteiger partial charge in [-0.3, -0.25) is 4.90 Å². The number of methoxy groups -OCH3 is 2. The van der Waals surface area contributed by atoms with Gasteiger partial charge in [0.25, 0.3) is 0 Å². The zero-order chi connectivity index (χ0) is 8.27. The molecule has 3 nitrogen and oxygen atoms in total. The minimum atomic E-state index is 0.403. The monoisotopic (exact) mass is 159 g/mol.